The molecule has 0 spiro atoms. The summed E-state index contributed by atoms with van der Waals surface area (Å²) >= 11 is 1.31. The third-order valence-corrected chi connectivity index (χ3v) is 4.75. The van der Waals surface area contributed by atoms with E-state index >= 15 is 0 Å². The molecule has 174 valence electrons. The molecule has 0 atom stereocenters. The van der Waals surface area contributed by atoms with Crippen molar-refractivity contribution in [3.63, 3.8) is 0 Å². The number of halogens is 6. The first-order valence-corrected chi connectivity index (χ1v) is 10.3. The van der Waals surface area contributed by atoms with Gasteiger partial charge in [0.15, 0.2) is 0 Å². The van der Waals surface area contributed by atoms with Gasteiger partial charge in [-0.3, -0.25) is 4.72 Å². The van der Waals surface area contributed by atoms with Crippen molar-refractivity contribution in [2.45, 2.75) is 31.1 Å². The number of hydrogen-bond donors (Lipinski definition) is 2. The highest BCUT2D eigenvalue weighted by Gasteiger charge is 2.37. The van der Waals surface area contributed by atoms with E-state index in [2.05, 4.69) is 15.0 Å². The second-order valence-electron chi connectivity index (χ2n) is 6.36. The van der Waals surface area contributed by atoms with Crippen LogP contribution in [-0.2, 0) is 19.4 Å². The first-order valence-electron chi connectivity index (χ1n) is 9.50. The molecule has 0 fully saturated rings. The van der Waals surface area contributed by atoms with Crippen molar-refractivity contribution in [3.8, 4) is 11.3 Å². The van der Waals surface area contributed by atoms with Crippen molar-refractivity contribution in [1.82, 2.24) is 14.3 Å². The molecule has 0 aliphatic heterocycles. The lowest BCUT2D eigenvalue weighted by atomic mass is 10.1. The van der Waals surface area contributed by atoms with Gasteiger partial charge in [0.2, 0.25) is 0 Å². The molecule has 2 aromatic carbocycles. The van der Waals surface area contributed by atoms with Gasteiger partial charge in [-0.25, -0.2) is 4.98 Å². The molecule has 1 aromatic heterocycles. The number of nitrogens with one attached hydrogen (secondary N) is 2. The SMILES string of the molecule is CC.CNSc1ccc(Nc2cc(C(F)(F)F)cc(C(F)(F)F)c2)c(-c2cn(C)cn2)c1. The second-order valence-corrected chi connectivity index (χ2v) is 7.44. The molecule has 0 saturated heterocycles. The Morgan fingerprint density at radius 1 is 0.906 bits per heavy atom. The average Bonchev–Trinajstić information content (AvgIpc) is 3.15. The number of rotatable bonds is 5. The average molecular weight is 476 g/mol. The van der Waals surface area contributed by atoms with Crippen LogP contribution in [0.4, 0.5) is 37.7 Å². The van der Waals surface area contributed by atoms with Gasteiger partial charge in [-0.1, -0.05) is 13.8 Å². The summed E-state index contributed by atoms with van der Waals surface area (Å²) in [6, 6.07) is 6.40. The molecule has 0 saturated carbocycles. The van der Waals surface area contributed by atoms with Crippen LogP contribution < -0.4 is 10.0 Å². The lowest BCUT2D eigenvalue weighted by Gasteiger charge is -2.17. The van der Waals surface area contributed by atoms with Crippen LogP contribution in [0.2, 0.25) is 0 Å². The largest absolute Gasteiger partial charge is 0.416 e. The smallest absolute Gasteiger partial charge is 0.355 e. The molecule has 0 amide bonds. The Labute approximate surface area is 186 Å². The highest BCUT2D eigenvalue weighted by atomic mass is 32.2. The third kappa shape index (κ3) is 6.42. The Balaban J connectivity index is 0.00000176. The topological polar surface area (TPSA) is 41.9 Å². The van der Waals surface area contributed by atoms with E-state index < -0.39 is 23.5 Å². The van der Waals surface area contributed by atoms with E-state index in [1.807, 2.05) is 13.8 Å². The molecule has 1 heterocycles. The normalized spacial score (nSPS) is 11.7. The first-order chi connectivity index (χ1) is 15.0. The lowest BCUT2D eigenvalue weighted by molar-refractivity contribution is -0.143. The summed E-state index contributed by atoms with van der Waals surface area (Å²) in [6.07, 6.45) is -6.60. The highest BCUT2D eigenvalue weighted by molar-refractivity contribution is 7.97. The number of aromatic nitrogens is 2. The fourth-order valence-corrected chi connectivity index (χ4v) is 3.31. The van der Waals surface area contributed by atoms with E-state index in [9.17, 15) is 26.3 Å². The minimum absolute atomic E-state index is 0.0947. The molecule has 3 rings (SSSR count). The fraction of sp³-hybridized carbons (Fsp3) is 0.286. The van der Waals surface area contributed by atoms with E-state index in [-0.39, 0.29) is 11.8 Å². The standard InChI is InChI=1S/C19H16F6N4S.C2H6/c1-26-30-14-3-4-16(15(8-14)17-9-29(2)10-27-17)28-13-6-11(18(20,21)22)5-12(7-13)19(23,24)25;1-2/h3-10,26,28H,1-2H3;1-2H3. The second kappa shape index (κ2) is 10.3. The molecule has 0 aliphatic rings. The van der Waals surface area contributed by atoms with Crippen LogP contribution in [0.5, 0.6) is 0 Å². The Bertz CT molecular complexity index is 1010. The third-order valence-electron chi connectivity index (χ3n) is 4.06. The number of nitrogens with zero attached hydrogens (tertiary/aromatic N) is 2. The Morgan fingerprint density at radius 3 is 1.97 bits per heavy atom. The van der Waals surface area contributed by atoms with Crippen molar-refractivity contribution in [2.75, 3.05) is 12.4 Å². The van der Waals surface area contributed by atoms with Crippen LogP contribution in [-0.4, -0.2) is 16.6 Å². The maximum Gasteiger partial charge on any atom is 0.416 e. The van der Waals surface area contributed by atoms with Crippen LogP contribution in [0.15, 0.2) is 53.8 Å². The summed E-state index contributed by atoms with van der Waals surface area (Å²) in [7, 11) is 3.47. The predicted molar refractivity (Wildman–Crippen MR) is 115 cm³/mol. The predicted octanol–water partition coefficient (Wildman–Crippen LogP) is 7.12. The van der Waals surface area contributed by atoms with E-state index in [1.165, 1.54) is 11.9 Å². The van der Waals surface area contributed by atoms with E-state index in [1.54, 1.807) is 49.4 Å². The molecule has 0 unspecified atom stereocenters. The van der Waals surface area contributed by atoms with Gasteiger partial charge >= 0.3 is 12.4 Å². The van der Waals surface area contributed by atoms with Crippen molar-refractivity contribution in [1.29, 1.82) is 0 Å². The Morgan fingerprint density at radius 2 is 1.50 bits per heavy atom. The summed E-state index contributed by atoms with van der Waals surface area (Å²) in [6.45, 7) is 4.00. The van der Waals surface area contributed by atoms with Gasteiger partial charge in [-0.05, 0) is 55.4 Å². The molecular weight excluding hydrogens is 454 g/mol. The minimum atomic E-state index is -4.92. The molecule has 0 bridgehead atoms. The van der Waals surface area contributed by atoms with Crippen molar-refractivity contribution in [3.05, 3.63) is 60.0 Å². The van der Waals surface area contributed by atoms with Crippen molar-refractivity contribution < 1.29 is 26.3 Å². The molecule has 2 N–H and O–H groups in total. The quantitative estimate of drug-likeness (QED) is 0.304. The van der Waals surface area contributed by atoms with Crippen molar-refractivity contribution >= 4 is 23.3 Å². The summed E-state index contributed by atoms with van der Waals surface area (Å²) < 4.78 is 83.4. The molecule has 4 nitrogen and oxygen atoms in total. The number of alkyl halides is 6. The van der Waals surface area contributed by atoms with E-state index in [0.29, 0.717) is 29.1 Å². The Hall–Kier alpha value is -2.66. The van der Waals surface area contributed by atoms with Crippen molar-refractivity contribution in [2.24, 2.45) is 7.05 Å². The molecule has 0 radical (unpaired) electrons. The van der Waals surface area contributed by atoms with Crippen LogP contribution in [0, 0.1) is 0 Å². The summed E-state index contributed by atoms with van der Waals surface area (Å²) in [5.41, 5.74) is -1.74. The number of hydrogen-bond acceptors (Lipinski definition) is 4. The zero-order valence-electron chi connectivity index (χ0n) is 17.7. The molecule has 32 heavy (non-hydrogen) atoms. The van der Waals surface area contributed by atoms with Gasteiger partial charge in [0.1, 0.15) is 0 Å². The maximum atomic E-state index is 13.1. The maximum absolute atomic E-state index is 13.1. The van der Waals surface area contributed by atoms with E-state index in [0.717, 1.165) is 4.90 Å². The van der Waals surface area contributed by atoms with Gasteiger partial charge in [0.25, 0.3) is 0 Å². The molecule has 3 aromatic rings. The van der Waals surface area contributed by atoms with Gasteiger partial charge in [0.05, 0.1) is 23.1 Å². The fourth-order valence-electron chi connectivity index (χ4n) is 2.76. The lowest BCUT2D eigenvalue weighted by Crippen LogP contribution is -2.11. The van der Waals surface area contributed by atoms with Crippen LogP contribution in [0.1, 0.15) is 25.0 Å². The van der Waals surface area contributed by atoms with Crippen LogP contribution in [0.25, 0.3) is 11.3 Å². The zero-order valence-corrected chi connectivity index (χ0v) is 18.5. The van der Waals surface area contributed by atoms with E-state index in [4.69, 9.17) is 0 Å². The first kappa shape index (κ1) is 25.6. The van der Waals surface area contributed by atoms with Crippen LogP contribution >= 0.6 is 11.9 Å². The van der Waals surface area contributed by atoms with Gasteiger partial charge in [-0.2, -0.15) is 26.3 Å². The van der Waals surface area contributed by atoms with Crippen LogP contribution in [0.3, 0.4) is 0 Å². The number of imidazole rings is 1. The summed E-state index contributed by atoms with van der Waals surface area (Å²) in [5, 5.41) is 2.70. The molecule has 11 heteroatoms. The summed E-state index contributed by atoms with van der Waals surface area (Å²) in [5.74, 6) is 0. The molecular formula is C21H22F6N4S. The monoisotopic (exact) mass is 476 g/mol. The Kier molecular flexibility index (Phi) is 8.24. The number of anilines is 2. The number of aryl methyl sites for hydroxylation is 1. The van der Waals surface area contributed by atoms with Gasteiger partial charge in [-0.15, -0.1) is 0 Å². The zero-order chi connectivity index (χ0) is 24.1. The van der Waals surface area contributed by atoms with Gasteiger partial charge in [0, 0.05) is 35.1 Å². The minimum Gasteiger partial charge on any atom is -0.355 e. The summed E-state index contributed by atoms with van der Waals surface area (Å²) in [4.78, 5) is 5.03. The number of benzene rings is 2. The van der Waals surface area contributed by atoms with Gasteiger partial charge < -0.3 is 9.88 Å². The molecule has 0 aliphatic carbocycles. The highest BCUT2D eigenvalue weighted by Crippen LogP contribution is 2.39.